The number of carbonyl (C=O) groups excluding carboxylic acids is 2. The predicted molar refractivity (Wildman–Crippen MR) is 124 cm³/mol. The summed E-state index contributed by atoms with van der Waals surface area (Å²) in [5.41, 5.74) is 0.0487. The van der Waals surface area contributed by atoms with Crippen LogP contribution in [0.25, 0.3) is 0 Å². The van der Waals surface area contributed by atoms with Gasteiger partial charge in [-0.2, -0.15) is 0 Å². The van der Waals surface area contributed by atoms with Gasteiger partial charge in [0.15, 0.2) is 12.4 Å². The monoisotopic (exact) mass is 508 g/mol. The molecule has 34 heavy (non-hydrogen) atoms. The normalized spacial score (nSPS) is 18.0. The molecule has 0 aromatic heterocycles. The lowest BCUT2D eigenvalue weighted by Gasteiger charge is -2.42. The Bertz CT molecular complexity index is 1140. The van der Waals surface area contributed by atoms with Crippen molar-refractivity contribution in [3.63, 3.8) is 0 Å². The maximum atomic E-state index is 13.5. The molecule has 4 rings (SSSR count). The summed E-state index contributed by atoms with van der Waals surface area (Å²) < 4.78 is 24.5. The van der Waals surface area contributed by atoms with Gasteiger partial charge in [-0.3, -0.25) is 9.59 Å². The highest BCUT2D eigenvalue weighted by molar-refractivity contribution is 6.31. The van der Waals surface area contributed by atoms with Crippen LogP contribution in [-0.4, -0.2) is 35.6 Å². The van der Waals surface area contributed by atoms with E-state index in [-0.39, 0.29) is 29.0 Å². The number of nitrogens with one attached hydrogen (secondary N) is 2. The highest BCUT2D eigenvalue weighted by Crippen LogP contribution is 2.36. The van der Waals surface area contributed by atoms with Gasteiger partial charge < -0.3 is 25.2 Å². The quantitative estimate of drug-likeness (QED) is 0.499. The van der Waals surface area contributed by atoms with Gasteiger partial charge in [-0.25, -0.2) is 4.39 Å². The standard InChI is InChI=1S/C24H23Cl2FN2O5/c25-14-2-5-20-16(10-14)19(30)12-21(34-20)23(32)28-9-8-24(6-1-7-24)29-22(31)13-33-15-3-4-17(26)18(27)11-15/h2-5,10-12,19,30H,1,6-9,13H2,(H,28,32)(H,29,31). The molecule has 1 aliphatic carbocycles. The first-order chi connectivity index (χ1) is 16.2. The van der Waals surface area contributed by atoms with Crippen molar-refractivity contribution >= 4 is 35.0 Å². The molecule has 1 fully saturated rings. The number of benzene rings is 2. The lowest BCUT2D eigenvalue weighted by Crippen LogP contribution is -2.56. The van der Waals surface area contributed by atoms with E-state index < -0.39 is 23.4 Å². The van der Waals surface area contributed by atoms with E-state index in [1.54, 1.807) is 18.2 Å². The molecule has 0 saturated heterocycles. The molecular weight excluding hydrogens is 486 g/mol. The van der Waals surface area contributed by atoms with Gasteiger partial charge in [0.25, 0.3) is 11.8 Å². The third-order valence-electron chi connectivity index (χ3n) is 5.91. The van der Waals surface area contributed by atoms with Crippen LogP contribution in [-0.2, 0) is 9.59 Å². The lowest BCUT2D eigenvalue weighted by atomic mass is 9.74. The van der Waals surface area contributed by atoms with Crippen molar-refractivity contribution in [3.8, 4) is 11.5 Å². The molecule has 180 valence electrons. The first kappa shape index (κ1) is 24.3. The summed E-state index contributed by atoms with van der Waals surface area (Å²) >= 11 is 11.6. The van der Waals surface area contributed by atoms with E-state index >= 15 is 0 Å². The lowest BCUT2D eigenvalue weighted by molar-refractivity contribution is -0.126. The summed E-state index contributed by atoms with van der Waals surface area (Å²) in [5, 5.41) is 16.5. The fourth-order valence-electron chi connectivity index (χ4n) is 3.94. The fourth-order valence-corrected chi connectivity index (χ4v) is 4.24. The zero-order chi connectivity index (χ0) is 24.3. The summed E-state index contributed by atoms with van der Waals surface area (Å²) in [6.45, 7) is 0.0316. The molecule has 1 aliphatic heterocycles. The topological polar surface area (TPSA) is 96.9 Å². The number of rotatable bonds is 8. The summed E-state index contributed by atoms with van der Waals surface area (Å²) in [7, 11) is 0. The van der Waals surface area contributed by atoms with Gasteiger partial charge in [0.2, 0.25) is 0 Å². The molecule has 1 unspecified atom stereocenters. The SMILES string of the molecule is O=C(COc1ccc(Cl)c(F)c1)NC1(CCNC(=O)C2=CC(O)c3cc(Cl)ccc3O2)CCC1. The van der Waals surface area contributed by atoms with Crippen molar-refractivity contribution in [2.24, 2.45) is 0 Å². The van der Waals surface area contributed by atoms with Crippen LogP contribution in [0.4, 0.5) is 4.39 Å². The average molecular weight is 509 g/mol. The van der Waals surface area contributed by atoms with Crippen LogP contribution in [0.2, 0.25) is 10.0 Å². The molecule has 7 nitrogen and oxygen atoms in total. The van der Waals surface area contributed by atoms with Crippen LogP contribution >= 0.6 is 23.2 Å². The van der Waals surface area contributed by atoms with Gasteiger partial charge in [-0.05, 0) is 62.1 Å². The van der Waals surface area contributed by atoms with Gasteiger partial charge in [-0.1, -0.05) is 23.2 Å². The van der Waals surface area contributed by atoms with E-state index in [4.69, 9.17) is 32.7 Å². The maximum Gasteiger partial charge on any atom is 0.286 e. The number of halogens is 3. The van der Waals surface area contributed by atoms with Crippen molar-refractivity contribution in [2.45, 2.75) is 37.3 Å². The summed E-state index contributed by atoms with van der Waals surface area (Å²) in [6, 6.07) is 8.77. The largest absolute Gasteiger partial charge is 0.484 e. The molecule has 0 bridgehead atoms. The molecule has 0 spiro atoms. The minimum absolute atomic E-state index is 0.00221. The summed E-state index contributed by atoms with van der Waals surface area (Å²) in [4.78, 5) is 24.9. The number of fused-ring (bicyclic) bond motifs is 1. The van der Waals surface area contributed by atoms with Gasteiger partial charge in [-0.15, -0.1) is 0 Å². The molecule has 2 aliphatic rings. The molecule has 3 N–H and O–H groups in total. The van der Waals surface area contributed by atoms with Crippen molar-refractivity contribution < 1.29 is 28.6 Å². The molecule has 0 radical (unpaired) electrons. The third kappa shape index (κ3) is 5.63. The van der Waals surface area contributed by atoms with E-state index in [0.29, 0.717) is 29.3 Å². The highest BCUT2D eigenvalue weighted by atomic mass is 35.5. The Morgan fingerprint density at radius 3 is 2.71 bits per heavy atom. The van der Waals surface area contributed by atoms with Crippen molar-refractivity contribution in [1.82, 2.24) is 10.6 Å². The molecule has 1 heterocycles. The number of carbonyl (C=O) groups is 2. The van der Waals surface area contributed by atoms with Crippen LogP contribution in [0.5, 0.6) is 11.5 Å². The van der Waals surface area contributed by atoms with Crippen LogP contribution in [0.1, 0.15) is 37.4 Å². The number of ether oxygens (including phenoxy) is 2. The van der Waals surface area contributed by atoms with Crippen LogP contribution in [0, 0.1) is 5.82 Å². The number of aliphatic hydroxyl groups is 1. The summed E-state index contributed by atoms with van der Waals surface area (Å²) in [5.74, 6) is -0.849. The average Bonchev–Trinajstić information content (AvgIpc) is 2.78. The minimum atomic E-state index is -1.01. The molecule has 2 amide bonds. The molecule has 2 aromatic rings. The smallest absolute Gasteiger partial charge is 0.286 e. The van der Waals surface area contributed by atoms with Crippen molar-refractivity contribution in [1.29, 1.82) is 0 Å². The first-order valence-electron chi connectivity index (χ1n) is 10.8. The summed E-state index contributed by atoms with van der Waals surface area (Å²) in [6.07, 6.45) is 3.34. The molecular formula is C24H23Cl2FN2O5. The maximum absolute atomic E-state index is 13.5. The minimum Gasteiger partial charge on any atom is -0.484 e. The van der Waals surface area contributed by atoms with E-state index in [0.717, 1.165) is 25.3 Å². The molecule has 2 aromatic carbocycles. The number of aliphatic hydroxyl groups excluding tert-OH is 1. The van der Waals surface area contributed by atoms with Crippen LogP contribution < -0.4 is 20.1 Å². The zero-order valence-corrected chi connectivity index (χ0v) is 19.6. The number of amides is 2. The first-order valence-corrected chi connectivity index (χ1v) is 11.5. The van der Waals surface area contributed by atoms with Crippen LogP contribution in [0.15, 0.2) is 48.2 Å². The van der Waals surface area contributed by atoms with Crippen LogP contribution in [0.3, 0.4) is 0 Å². The van der Waals surface area contributed by atoms with Gasteiger partial charge in [0.1, 0.15) is 23.4 Å². The van der Waals surface area contributed by atoms with E-state index in [2.05, 4.69) is 10.6 Å². The van der Waals surface area contributed by atoms with Crippen molar-refractivity contribution in [3.05, 3.63) is 69.7 Å². The fraction of sp³-hybridized carbons (Fsp3) is 0.333. The van der Waals surface area contributed by atoms with Gasteiger partial charge >= 0.3 is 0 Å². The molecule has 1 saturated carbocycles. The Balaban J connectivity index is 1.26. The number of hydrogen-bond acceptors (Lipinski definition) is 5. The second-order valence-corrected chi connectivity index (χ2v) is 9.16. The predicted octanol–water partition coefficient (Wildman–Crippen LogP) is 4.07. The second kappa shape index (κ2) is 10.2. The highest BCUT2D eigenvalue weighted by Gasteiger charge is 2.38. The van der Waals surface area contributed by atoms with E-state index in [1.165, 1.54) is 18.2 Å². The Morgan fingerprint density at radius 1 is 1.21 bits per heavy atom. The molecule has 10 heteroatoms. The Labute approximate surface area is 205 Å². The third-order valence-corrected chi connectivity index (χ3v) is 6.45. The number of hydrogen-bond donors (Lipinski definition) is 3. The second-order valence-electron chi connectivity index (χ2n) is 8.31. The zero-order valence-electron chi connectivity index (χ0n) is 18.1. The van der Waals surface area contributed by atoms with Gasteiger partial charge in [0, 0.05) is 28.7 Å². The van der Waals surface area contributed by atoms with Crippen molar-refractivity contribution in [2.75, 3.05) is 13.2 Å². The van der Waals surface area contributed by atoms with Gasteiger partial charge in [0.05, 0.1) is 5.02 Å². The Kier molecular flexibility index (Phi) is 7.30. The van der Waals surface area contributed by atoms with E-state index in [9.17, 15) is 19.1 Å². The van der Waals surface area contributed by atoms with E-state index in [1.807, 2.05) is 0 Å². The molecule has 1 atom stereocenters. The Morgan fingerprint density at radius 2 is 2.00 bits per heavy atom. The Hall–Kier alpha value is -2.81.